The van der Waals surface area contributed by atoms with Crippen LogP contribution in [-0.2, 0) is 6.42 Å². The van der Waals surface area contributed by atoms with Gasteiger partial charge in [0.1, 0.15) is 5.75 Å². The van der Waals surface area contributed by atoms with Crippen LogP contribution in [0.15, 0.2) is 54.6 Å². The number of rotatable bonds is 5. The van der Waals surface area contributed by atoms with Crippen LogP contribution in [0.4, 0.5) is 5.95 Å². The number of aryl methyl sites for hydroxylation is 1. The maximum atomic E-state index is 5.77. The van der Waals surface area contributed by atoms with E-state index in [1.165, 1.54) is 0 Å². The van der Waals surface area contributed by atoms with Crippen molar-refractivity contribution in [1.29, 1.82) is 0 Å². The van der Waals surface area contributed by atoms with Gasteiger partial charge in [0, 0.05) is 5.39 Å². The van der Waals surface area contributed by atoms with E-state index in [0.29, 0.717) is 12.6 Å². The van der Waals surface area contributed by atoms with Gasteiger partial charge in [-0.2, -0.15) is 0 Å². The van der Waals surface area contributed by atoms with E-state index in [-0.39, 0.29) is 0 Å². The van der Waals surface area contributed by atoms with Gasteiger partial charge in [0.15, 0.2) is 0 Å². The number of benzene rings is 2. The highest BCUT2D eigenvalue weighted by molar-refractivity contribution is 5.81. The molecule has 0 fully saturated rings. The molecule has 3 rings (SSSR count). The fraction of sp³-hybridized carbons (Fsp3) is 0.176. The SMILES string of the molecule is Nc1nc(CCCOc2ccccc2)c2ccccc2n1. The first-order valence-electron chi connectivity index (χ1n) is 7.02. The maximum absolute atomic E-state index is 5.77. The van der Waals surface area contributed by atoms with E-state index >= 15 is 0 Å². The molecule has 2 aromatic carbocycles. The number of para-hydroxylation sites is 2. The van der Waals surface area contributed by atoms with Crippen LogP contribution in [0.1, 0.15) is 12.1 Å². The van der Waals surface area contributed by atoms with Gasteiger partial charge < -0.3 is 10.5 Å². The van der Waals surface area contributed by atoms with Crippen molar-refractivity contribution >= 4 is 16.9 Å². The normalized spacial score (nSPS) is 10.7. The quantitative estimate of drug-likeness (QED) is 0.728. The minimum atomic E-state index is 0.327. The number of hydrogen-bond acceptors (Lipinski definition) is 4. The van der Waals surface area contributed by atoms with E-state index in [1.54, 1.807) is 0 Å². The predicted octanol–water partition coefficient (Wildman–Crippen LogP) is 3.22. The first-order chi connectivity index (χ1) is 10.3. The first kappa shape index (κ1) is 13.4. The van der Waals surface area contributed by atoms with Crippen molar-refractivity contribution in [1.82, 2.24) is 9.97 Å². The lowest BCUT2D eigenvalue weighted by Gasteiger charge is -2.08. The van der Waals surface area contributed by atoms with Gasteiger partial charge in [0.2, 0.25) is 5.95 Å². The van der Waals surface area contributed by atoms with E-state index in [9.17, 15) is 0 Å². The molecule has 2 N–H and O–H groups in total. The van der Waals surface area contributed by atoms with Crippen molar-refractivity contribution < 1.29 is 4.74 Å². The fourth-order valence-electron chi connectivity index (χ4n) is 2.30. The van der Waals surface area contributed by atoms with Crippen molar-refractivity contribution in [2.24, 2.45) is 0 Å². The lowest BCUT2D eigenvalue weighted by Crippen LogP contribution is -2.04. The van der Waals surface area contributed by atoms with Gasteiger partial charge in [0.25, 0.3) is 0 Å². The highest BCUT2D eigenvalue weighted by atomic mass is 16.5. The van der Waals surface area contributed by atoms with Gasteiger partial charge in [-0.05, 0) is 31.0 Å². The Hall–Kier alpha value is -2.62. The Morgan fingerprint density at radius 3 is 2.52 bits per heavy atom. The standard InChI is InChI=1S/C17H17N3O/c18-17-19-15-10-5-4-9-14(15)16(20-17)11-6-12-21-13-7-2-1-3-8-13/h1-5,7-10H,6,11-12H2,(H2,18,19,20). The number of aromatic nitrogens is 2. The van der Waals surface area contributed by atoms with Gasteiger partial charge in [-0.15, -0.1) is 0 Å². The molecule has 0 saturated carbocycles. The highest BCUT2D eigenvalue weighted by Gasteiger charge is 2.05. The van der Waals surface area contributed by atoms with Crippen LogP contribution in [0.3, 0.4) is 0 Å². The monoisotopic (exact) mass is 279 g/mol. The summed E-state index contributed by atoms with van der Waals surface area (Å²) in [5.74, 6) is 1.22. The summed E-state index contributed by atoms with van der Waals surface area (Å²) < 4.78 is 5.70. The summed E-state index contributed by atoms with van der Waals surface area (Å²) in [5, 5.41) is 1.06. The van der Waals surface area contributed by atoms with Gasteiger partial charge in [0.05, 0.1) is 17.8 Å². The average Bonchev–Trinajstić information content (AvgIpc) is 2.52. The number of nitrogens with two attached hydrogens (primary N) is 1. The molecule has 21 heavy (non-hydrogen) atoms. The number of nitrogen functional groups attached to an aromatic ring is 1. The van der Waals surface area contributed by atoms with Crippen molar-refractivity contribution in [3.05, 3.63) is 60.3 Å². The Morgan fingerprint density at radius 1 is 0.905 bits per heavy atom. The van der Waals surface area contributed by atoms with Gasteiger partial charge in [-0.25, -0.2) is 9.97 Å². The van der Waals surface area contributed by atoms with Crippen LogP contribution >= 0.6 is 0 Å². The molecule has 0 aliphatic rings. The second-order valence-corrected chi connectivity index (χ2v) is 4.81. The molecule has 4 heteroatoms. The maximum Gasteiger partial charge on any atom is 0.220 e. The highest BCUT2D eigenvalue weighted by Crippen LogP contribution is 2.18. The predicted molar refractivity (Wildman–Crippen MR) is 84.2 cm³/mol. The second-order valence-electron chi connectivity index (χ2n) is 4.81. The van der Waals surface area contributed by atoms with Crippen LogP contribution in [0.5, 0.6) is 5.75 Å². The topological polar surface area (TPSA) is 61.0 Å². The zero-order valence-electron chi connectivity index (χ0n) is 11.7. The molecule has 0 radical (unpaired) electrons. The number of anilines is 1. The van der Waals surface area contributed by atoms with Crippen molar-refractivity contribution in [2.75, 3.05) is 12.3 Å². The van der Waals surface area contributed by atoms with Crippen LogP contribution in [0.25, 0.3) is 10.9 Å². The molecule has 4 nitrogen and oxygen atoms in total. The average molecular weight is 279 g/mol. The summed E-state index contributed by atoms with van der Waals surface area (Å²) in [4.78, 5) is 8.60. The van der Waals surface area contributed by atoms with Gasteiger partial charge in [-0.1, -0.05) is 36.4 Å². The molecule has 0 atom stereocenters. The van der Waals surface area contributed by atoms with E-state index < -0.39 is 0 Å². The number of hydrogen-bond donors (Lipinski definition) is 1. The largest absolute Gasteiger partial charge is 0.494 e. The molecule has 0 aliphatic carbocycles. The molecular formula is C17H17N3O. The Kier molecular flexibility index (Phi) is 3.96. The summed E-state index contributed by atoms with van der Waals surface area (Å²) in [6.07, 6.45) is 1.70. The minimum absolute atomic E-state index is 0.327. The Balaban J connectivity index is 1.65. The minimum Gasteiger partial charge on any atom is -0.494 e. The number of ether oxygens (including phenoxy) is 1. The zero-order chi connectivity index (χ0) is 14.5. The lowest BCUT2D eigenvalue weighted by molar-refractivity contribution is 0.310. The molecule has 0 saturated heterocycles. The van der Waals surface area contributed by atoms with Crippen molar-refractivity contribution in [3.63, 3.8) is 0 Å². The summed E-state index contributed by atoms with van der Waals surface area (Å²) in [5.41, 5.74) is 7.64. The van der Waals surface area contributed by atoms with Gasteiger partial charge in [-0.3, -0.25) is 0 Å². The zero-order valence-corrected chi connectivity index (χ0v) is 11.7. The lowest BCUT2D eigenvalue weighted by atomic mass is 10.1. The fourth-order valence-corrected chi connectivity index (χ4v) is 2.30. The summed E-state index contributed by atoms with van der Waals surface area (Å²) in [6, 6.07) is 17.8. The molecule has 106 valence electrons. The van der Waals surface area contributed by atoms with Crippen molar-refractivity contribution in [2.45, 2.75) is 12.8 Å². The molecule has 0 amide bonds. The molecule has 0 unspecified atom stereocenters. The third kappa shape index (κ3) is 3.28. The van der Waals surface area contributed by atoms with Crippen LogP contribution in [0.2, 0.25) is 0 Å². The van der Waals surface area contributed by atoms with Crippen molar-refractivity contribution in [3.8, 4) is 5.75 Å². The Labute approximate surface area is 123 Å². The number of fused-ring (bicyclic) bond motifs is 1. The molecular weight excluding hydrogens is 262 g/mol. The molecule has 1 aromatic heterocycles. The summed E-state index contributed by atoms with van der Waals surface area (Å²) in [6.45, 7) is 0.655. The van der Waals surface area contributed by atoms with Crippen LogP contribution in [0, 0.1) is 0 Å². The van der Waals surface area contributed by atoms with E-state index in [4.69, 9.17) is 10.5 Å². The molecule has 0 spiro atoms. The third-order valence-electron chi connectivity index (χ3n) is 3.27. The first-order valence-corrected chi connectivity index (χ1v) is 7.02. The summed E-state index contributed by atoms with van der Waals surface area (Å²) >= 11 is 0. The molecule has 0 bridgehead atoms. The van der Waals surface area contributed by atoms with Gasteiger partial charge >= 0.3 is 0 Å². The molecule has 3 aromatic rings. The van der Waals surface area contributed by atoms with Crippen LogP contribution < -0.4 is 10.5 Å². The van der Waals surface area contributed by atoms with E-state index in [0.717, 1.165) is 35.2 Å². The third-order valence-corrected chi connectivity index (χ3v) is 3.27. The smallest absolute Gasteiger partial charge is 0.220 e. The summed E-state index contributed by atoms with van der Waals surface area (Å²) in [7, 11) is 0. The molecule has 0 aliphatic heterocycles. The second kappa shape index (κ2) is 6.22. The van der Waals surface area contributed by atoms with E-state index in [1.807, 2.05) is 54.6 Å². The van der Waals surface area contributed by atoms with E-state index in [2.05, 4.69) is 9.97 Å². The van der Waals surface area contributed by atoms with Crippen LogP contribution in [-0.4, -0.2) is 16.6 Å². The number of nitrogens with zero attached hydrogens (tertiary/aromatic N) is 2. The Morgan fingerprint density at radius 2 is 1.67 bits per heavy atom. The Bertz CT molecular complexity index is 728. The molecule has 1 heterocycles.